The van der Waals surface area contributed by atoms with Crippen molar-refractivity contribution in [2.75, 3.05) is 26.2 Å². The molecule has 1 aromatic rings. The predicted molar refractivity (Wildman–Crippen MR) is 93.5 cm³/mol. The number of halogens is 1. The molecule has 2 heterocycles. The summed E-state index contributed by atoms with van der Waals surface area (Å²) in [6.07, 6.45) is 2.10. The van der Waals surface area contributed by atoms with Gasteiger partial charge in [-0.25, -0.2) is 0 Å². The average Bonchev–Trinajstić information content (AvgIpc) is 2.96. The molecular weight excluding hydrogens is 342 g/mol. The number of hydrogen-bond donors (Lipinski definition) is 1. The van der Waals surface area contributed by atoms with Crippen LogP contribution in [0.1, 0.15) is 38.3 Å². The Morgan fingerprint density at radius 2 is 2.27 bits per heavy atom. The van der Waals surface area contributed by atoms with Crippen LogP contribution in [0.25, 0.3) is 0 Å². The maximum absolute atomic E-state index is 5.74. The van der Waals surface area contributed by atoms with Crippen LogP contribution < -0.4 is 10.2 Å². The van der Waals surface area contributed by atoms with Gasteiger partial charge in [0, 0.05) is 31.1 Å². The summed E-state index contributed by atoms with van der Waals surface area (Å²) < 4.78 is 6.77. The number of fused-ring (bicyclic) bond motifs is 1. The van der Waals surface area contributed by atoms with E-state index < -0.39 is 0 Å². The number of piperidine rings is 1. The summed E-state index contributed by atoms with van der Waals surface area (Å²) in [5.74, 6) is 1.41. The third-order valence-corrected chi connectivity index (χ3v) is 5.16. The van der Waals surface area contributed by atoms with E-state index >= 15 is 0 Å². The van der Waals surface area contributed by atoms with E-state index in [1.54, 1.807) is 0 Å². The Balaban J connectivity index is 1.75. The molecule has 1 saturated heterocycles. The van der Waals surface area contributed by atoms with E-state index in [4.69, 9.17) is 4.74 Å². The topological polar surface area (TPSA) is 36.9 Å². The molecule has 0 bridgehead atoms. The highest BCUT2D eigenvalue weighted by molar-refractivity contribution is 9.10. The quantitative estimate of drug-likeness (QED) is 0.866. The van der Waals surface area contributed by atoms with Crippen LogP contribution in [0.5, 0.6) is 5.75 Å². The Hall–Kier alpha value is -1.07. The molecule has 0 aliphatic carbocycles. The number of hydrazone groups is 1. The van der Waals surface area contributed by atoms with Crippen LogP contribution in [0.15, 0.2) is 27.8 Å². The van der Waals surface area contributed by atoms with E-state index in [0.29, 0.717) is 5.92 Å². The van der Waals surface area contributed by atoms with Crippen LogP contribution in [0, 0.1) is 5.92 Å². The maximum Gasteiger partial charge on any atom is 0.133 e. The number of nitrogens with one attached hydrogen (secondary N) is 1. The highest BCUT2D eigenvalue weighted by Gasteiger charge is 2.36. The summed E-state index contributed by atoms with van der Waals surface area (Å²) in [4.78, 5) is 2.51. The molecule has 1 N–H and O–H groups in total. The van der Waals surface area contributed by atoms with Gasteiger partial charge >= 0.3 is 0 Å². The van der Waals surface area contributed by atoms with Gasteiger partial charge in [-0.2, -0.15) is 5.10 Å². The largest absolute Gasteiger partial charge is 0.492 e. The minimum atomic E-state index is 0.279. The second kappa shape index (κ2) is 7.01. The van der Waals surface area contributed by atoms with Crippen LogP contribution in [0.3, 0.4) is 0 Å². The van der Waals surface area contributed by atoms with E-state index in [0.717, 1.165) is 49.3 Å². The number of likely N-dealkylation sites (tertiary alicyclic amines) is 1. The van der Waals surface area contributed by atoms with Crippen molar-refractivity contribution < 1.29 is 4.74 Å². The lowest BCUT2D eigenvalue weighted by molar-refractivity contribution is 0.238. The van der Waals surface area contributed by atoms with Gasteiger partial charge in [0.1, 0.15) is 5.75 Å². The number of nitrogens with zero attached hydrogens (tertiary/aromatic N) is 2. The second-order valence-corrected chi connectivity index (χ2v) is 6.85. The van der Waals surface area contributed by atoms with Gasteiger partial charge in [-0.3, -0.25) is 0 Å². The zero-order valence-electron chi connectivity index (χ0n) is 13.3. The van der Waals surface area contributed by atoms with Crippen molar-refractivity contribution in [1.29, 1.82) is 0 Å². The third-order valence-electron chi connectivity index (χ3n) is 4.54. The molecule has 0 spiro atoms. The van der Waals surface area contributed by atoms with E-state index in [2.05, 4.69) is 63.4 Å². The fourth-order valence-corrected chi connectivity index (χ4v) is 3.76. The predicted octanol–water partition coefficient (Wildman–Crippen LogP) is 3.58. The van der Waals surface area contributed by atoms with Crippen molar-refractivity contribution in [3.8, 4) is 5.75 Å². The Bertz CT molecular complexity index is 561. The third kappa shape index (κ3) is 3.15. The molecule has 0 amide bonds. The highest BCUT2D eigenvalue weighted by atomic mass is 79.9. The van der Waals surface area contributed by atoms with Crippen LogP contribution in [-0.4, -0.2) is 36.9 Å². The minimum absolute atomic E-state index is 0.279. The summed E-state index contributed by atoms with van der Waals surface area (Å²) in [5.41, 5.74) is 5.96. The van der Waals surface area contributed by atoms with Crippen LogP contribution in [0.4, 0.5) is 0 Å². The van der Waals surface area contributed by atoms with Crippen molar-refractivity contribution in [2.24, 2.45) is 11.0 Å². The molecule has 120 valence electrons. The first-order chi connectivity index (χ1) is 10.7. The molecular formula is C17H24BrN3O. The second-order valence-electron chi connectivity index (χ2n) is 6.00. The van der Waals surface area contributed by atoms with Crippen LogP contribution >= 0.6 is 15.9 Å². The lowest BCUT2D eigenvalue weighted by atomic mass is 9.86. The Morgan fingerprint density at radius 3 is 3.00 bits per heavy atom. The molecule has 2 aliphatic rings. The lowest BCUT2D eigenvalue weighted by Gasteiger charge is -2.32. The molecule has 1 aromatic carbocycles. The van der Waals surface area contributed by atoms with Gasteiger partial charge in [0.25, 0.3) is 0 Å². The van der Waals surface area contributed by atoms with Crippen molar-refractivity contribution >= 4 is 21.6 Å². The molecule has 5 heteroatoms. The molecule has 0 saturated carbocycles. The van der Waals surface area contributed by atoms with E-state index in [1.165, 1.54) is 11.3 Å². The SMILES string of the molecule is CCCOc1ccc(C2NN=C3CCN(CC)CC32)cc1Br. The number of ether oxygens (including phenoxy) is 1. The Labute approximate surface area is 141 Å². The van der Waals surface area contributed by atoms with E-state index in [9.17, 15) is 0 Å². The molecule has 2 aliphatic heterocycles. The summed E-state index contributed by atoms with van der Waals surface area (Å²) in [6.45, 7) is 8.44. The summed E-state index contributed by atoms with van der Waals surface area (Å²) in [7, 11) is 0. The van der Waals surface area contributed by atoms with Gasteiger partial charge < -0.3 is 15.1 Å². The molecule has 4 nitrogen and oxygen atoms in total. The van der Waals surface area contributed by atoms with Gasteiger partial charge in [0.15, 0.2) is 0 Å². The standard InChI is InChI=1S/C17H24BrN3O/c1-3-9-22-16-6-5-12(10-14(16)18)17-13-11-21(4-2)8-7-15(13)19-20-17/h5-6,10,13,17,20H,3-4,7-9,11H2,1-2H3. The lowest BCUT2D eigenvalue weighted by Crippen LogP contribution is -2.41. The summed E-state index contributed by atoms with van der Waals surface area (Å²) in [6, 6.07) is 6.68. The Kier molecular flexibility index (Phi) is 5.03. The summed E-state index contributed by atoms with van der Waals surface area (Å²) >= 11 is 3.64. The normalized spacial score (nSPS) is 24.6. The highest BCUT2D eigenvalue weighted by Crippen LogP contribution is 2.35. The summed E-state index contributed by atoms with van der Waals surface area (Å²) in [5, 5.41) is 4.58. The van der Waals surface area contributed by atoms with Crippen molar-refractivity contribution in [1.82, 2.24) is 10.3 Å². The molecule has 0 radical (unpaired) electrons. The van der Waals surface area contributed by atoms with Crippen LogP contribution in [-0.2, 0) is 0 Å². The van der Waals surface area contributed by atoms with Crippen molar-refractivity contribution in [3.05, 3.63) is 28.2 Å². The monoisotopic (exact) mass is 365 g/mol. The first-order valence-electron chi connectivity index (χ1n) is 8.19. The fraction of sp³-hybridized carbons (Fsp3) is 0.588. The van der Waals surface area contributed by atoms with Gasteiger partial charge in [0.05, 0.1) is 17.1 Å². The molecule has 3 rings (SSSR count). The number of benzene rings is 1. The Morgan fingerprint density at radius 1 is 1.41 bits per heavy atom. The van der Waals surface area contributed by atoms with Gasteiger partial charge in [-0.05, 0) is 46.6 Å². The molecule has 0 aromatic heterocycles. The van der Waals surface area contributed by atoms with Gasteiger partial charge in [-0.15, -0.1) is 0 Å². The smallest absolute Gasteiger partial charge is 0.133 e. The number of rotatable bonds is 5. The average molecular weight is 366 g/mol. The van der Waals surface area contributed by atoms with Crippen molar-refractivity contribution in [3.63, 3.8) is 0 Å². The van der Waals surface area contributed by atoms with Gasteiger partial charge in [0.2, 0.25) is 0 Å². The first-order valence-corrected chi connectivity index (χ1v) is 8.98. The van der Waals surface area contributed by atoms with Crippen molar-refractivity contribution in [2.45, 2.75) is 32.7 Å². The minimum Gasteiger partial charge on any atom is -0.492 e. The van der Waals surface area contributed by atoms with E-state index in [-0.39, 0.29) is 6.04 Å². The first kappa shape index (κ1) is 15.8. The van der Waals surface area contributed by atoms with E-state index in [1.807, 2.05) is 0 Å². The zero-order chi connectivity index (χ0) is 15.5. The van der Waals surface area contributed by atoms with Gasteiger partial charge in [-0.1, -0.05) is 19.9 Å². The molecule has 2 atom stereocenters. The molecule has 1 fully saturated rings. The molecule has 2 unspecified atom stereocenters. The molecule has 22 heavy (non-hydrogen) atoms. The zero-order valence-corrected chi connectivity index (χ0v) is 14.9. The number of hydrogen-bond acceptors (Lipinski definition) is 4. The fourth-order valence-electron chi connectivity index (χ4n) is 3.25. The van der Waals surface area contributed by atoms with Crippen LogP contribution in [0.2, 0.25) is 0 Å². The maximum atomic E-state index is 5.74.